The Labute approximate surface area is 122 Å². The second kappa shape index (κ2) is 8.95. The van der Waals surface area contributed by atoms with Crippen LogP contribution < -0.4 is 11.1 Å². The Morgan fingerprint density at radius 1 is 1.30 bits per heavy atom. The minimum atomic E-state index is 0.0738. The largest absolute Gasteiger partial charge is 0.359 e. The van der Waals surface area contributed by atoms with Gasteiger partial charge in [-0.05, 0) is 38.1 Å². The van der Waals surface area contributed by atoms with Gasteiger partial charge >= 0.3 is 0 Å². The van der Waals surface area contributed by atoms with Crippen molar-refractivity contribution in [2.24, 2.45) is 17.6 Å². The van der Waals surface area contributed by atoms with E-state index in [1.807, 2.05) is 4.90 Å². The summed E-state index contributed by atoms with van der Waals surface area (Å²) >= 11 is 0. The number of rotatable bonds is 7. The Kier molecular flexibility index (Phi) is 7.59. The first-order valence-electron chi connectivity index (χ1n) is 7.81. The van der Waals surface area contributed by atoms with Gasteiger partial charge < -0.3 is 16.0 Å². The topological polar surface area (TPSA) is 75.4 Å². The molecular formula is C15H29N3O2. The Morgan fingerprint density at radius 2 is 1.95 bits per heavy atom. The third-order valence-corrected chi connectivity index (χ3v) is 4.38. The van der Waals surface area contributed by atoms with E-state index in [2.05, 4.69) is 12.2 Å². The molecule has 1 rings (SSSR count). The summed E-state index contributed by atoms with van der Waals surface area (Å²) in [6, 6.07) is 0. The molecule has 1 heterocycles. The summed E-state index contributed by atoms with van der Waals surface area (Å²) in [7, 11) is 1.67. The van der Waals surface area contributed by atoms with Gasteiger partial charge in [0.2, 0.25) is 11.8 Å². The number of piperidine rings is 1. The first-order valence-corrected chi connectivity index (χ1v) is 7.81. The molecule has 0 aromatic carbocycles. The summed E-state index contributed by atoms with van der Waals surface area (Å²) in [4.78, 5) is 25.6. The molecule has 0 aromatic rings. The van der Waals surface area contributed by atoms with Gasteiger partial charge in [0.25, 0.3) is 0 Å². The Hall–Kier alpha value is -1.10. The van der Waals surface area contributed by atoms with Crippen molar-refractivity contribution in [2.45, 2.75) is 45.4 Å². The van der Waals surface area contributed by atoms with Crippen molar-refractivity contribution in [3.63, 3.8) is 0 Å². The molecule has 1 unspecified atom stereocenters. The number of nitrogens with one attached hydrogen (secondary N) is 1. The van der Waals surface area contributed by atoms with E-state index in [4.69, 9.17) is 5.73 Å². The van der Waals surface area contributed by atoms with Gasteiger partial charge in [-0.15, -0.1) is 0 Å². The molecule has 3 N–H and O–H groups in total. The summed E-state index contributed by atoms with van der Waals surface area (Å²) in [5.74, 6) is 0.971. The first-order chi connectivity index (χ1) is 9.62. The van der Waals surface area contributed by atoms with Crippen LogP contribution in [-0.2, 0) is 9.59 Å². The number of likely N-dealkylation sites (tertiary alicyclic amines) is 1. The molecule has 1 atom stereocenters. The highest BCUT2D eigenvalue weighted by Gasteiger charge is 2.26. The van der Waals surface area contributed by atoms with Gasteiger partial charge in [-0.1, -0.05) is 13.3 Å². The predicted molar refractivity (Wildman–Crippen MR) is 80.1 cm³/mol. The van der Waals surface area contributed by atoms with Crippen molar-refractivity contribution >= 4 is 11.8 Å². The molecule has 20 heavy (non-hydrogen) atoms. The van der Waals surface area contributed by atoms with Crippen molar-refractivity contribution in [3.05, 3.63) is 0 Å². The van der Waals surface area contributed by atoms with E-state index in [1.54, 1.807) is 7.05 Å². The van der Waals surface area contributed by atoms with Crippen molar-refractivity contribution < 1.29 is 9.59 Å². The van der Waals surface area contributed by atoms with Gasteiger partial charge in [-0.3, -0.25) is 9.59 Å². The average Bonchev–Trinajstić information content (AvgIpc) is 2.50. The van der Waals surface area contributed by atoms with Crippen LogP contribution in [0.3, 0.4) is 0 Å². The molecule has 1 fully saturated rings. The molecule has 0 radical (unpaired) electrons. The molecule has 116 valence electrons. The van der Waals surface area contributed by atoms with E-state index >= 15 is 0 Å². The zero-order chi connectivity index (χ0) is 15.0. The summed E-state index contributed by atoms with van der Waals surface area (Å²) in [5.41, 5.74) is 5.58. The summed E-state index contributed by atoms with van der Waals surface area (Å²) in [6.07, 6.45) is 5.20. The van der Waals surface area contributed by atoms with Gasteiger partial charge in [0.15, 0.2) is 0 Å². The van der Waals surface area contributed by atoms with Crippen LogP contribution in [0.15, 0.2) is 0 Å². The standard InChI is InChI=1S/C15H29N3O2/c1-3-12(6-9-16)4-5-14(19)18-10-7-13(8-11-18)15(20)17-2/h12-13H,3-11,16H2,1-2H3,(H,17,20). The number of hydrogen-bond donors (Lipinski definition) is 2. The summed E-state index contributed by atoms with van der Waals surface area (Å²) < 4.78 is 0. The first kappa shape index (κ1) is 17.0. The van der Waals surface area contributed by atoms with Gasteiger partial charge in [0.1, 0.15) is 0 Å². The Morgan fingerprint density at radius 3 is 2.45 bits per heavy atom. The highest BCUT2D eigenvalue weighted by molar-refractivity contribution is 5.79. The predicted octanol–water partition coefficient (Wildman–Crippen LogP) is 1.13. The highest BCUT2D eigenvalue weighted by atomic mass is 16.2. The van der Waals surface area contributed by atoms with Crippen LogP contribution in [-0.4, -0.2) is 43.4 Å². The van der Waals surface area contributed by atoms with Crippen molar-refractivity contribution in [2.75, 3.05) is 26.7 Å². The second-order valence-corrected chi connectivity index (χ2v) is 5.66. The lowest BCUT2D eigenvalue weighted by atomic mass is 9.94. The molecule has 0 aliphatic carbocycles. The third kappa shape index (κ3) is 5.12. The number of carbonyl (C=O) groups is 2. The van der Waals surface area contributed by atoms with E-state index in [-0.39, 0.29) is 17.7 Å². The van der Waals surface area contributed by atoms with Crippen LogP contribution in [0.25, 0.3) is 0 Å². The minimum Gasteiger partial charge on any atom is -0.359 e. The lowest BCUT2D eigenvalue weighted by Gasteiger charge is -2.31. The molecule has 0 saturated carbocycles. The Bertz CT molecular complexity index is 312. The zero-order valence-electron chi connectivity index (χ0n) is 12.9. The van der Waals surface area contributed by atoms with Crippen LogP contribution >= 0.6 is 0 Å². The smallest absolute Gasteiger partial charge is 0.222 e. The monoisotopic (exact) mass is 283 g/mol. The Balaban J connectivity index is 2.30. The average molecular weight is 283 g/mol. The van der Waals surface area contributed by atoms with Crippen molar-refractivity contribution in [3.8, 4) is 0 Å². The van der Waals surface area contributed by atoms with Crippen molar-refractivity contribution in [1.29, 1.82) is 0 Å². The van der Waals surface area contributed by atoms with Crippen molar-refractivity contribution in [1.82, 2.24) is 10.2 Å². The maximum atomic E-state index is 12.2. The number of amides is 2. The molecule has 5 heteroatoms. The molecular weight excluding hydrogens is 254 g/mol. The lowest BCUT2D eigenvalue weighted by Crippen LogP contribution is -2.42. The molecule has 5 nitrogen and oxygen atoms in total. The van der Waals surface area contributed by atoms with Crippen LogP contribution in [0, 0.1) is 11.8 Å². The lowest BCUT2D eigenvalue weighted by molar-refractivity contribution is -0.135. The third-order valence-electron chi connectivity index (χ3n) is 4.38. The second-order valence-electron chi connectivity index (χ2n) is 5.66. The molecule has 2 amide bonds. The van der Waals surface area contributed by atoms with Gasteiger partial charge in [-0.25, -0.2) is 0 Å². The van der Waals surface area contributed by atoms with Gasteiger partial charge in [0, 0.05) is 32.5 Å². The van der Waals surface area contributed by atoms with E-state index < -0.39 is 0 Å². The summed E-state index contributed by atoms with van der Waals surface area (Å²) in [5, 5.41) is 2.69. The van der Waals surface area contributed by atoms with E-state index in [0.717, 1.165) is 32.1 Å². The number of nitrogens with two attached hydrogens (primary N) is 1. The fourth-order valence-corrected chi connectivity index (χ4v) is 2.87. The fourth-order valence-electron chi connectivity index (χ4n) is 2.87. The van der Waals surface area contributed by atoms with E-state index in [1.165, 1.54) is 0 Å². The number of carbonyl (C=O) groups excluding carboxylic acids is 2. The number of hydrogen-bond acceptors (Lipinski definition) is 3. The molecule has 1 aliphatic rings. The molecule has 0 spiro atoms. The minimum absolute atomic E-state index is 0.0738. The fraction of sp³-hybridized carbons (Fsp3) is 0.867. The molecule has 0 aromatic heterocycles. The highest BCUT2D eigenvalue weighted by Crippen LogP contribution is 2.20. The normalized spacial score (nSPS) is 17.9. The van der Waals surface area contributed by atoms with Gasteiger partial charge in [0.05, 0.1) is 0 Å². The van der Waals surface area contributed by atoms with Crippen LogP contribution in [0.2, 0.25) is 0 Å². The summed E-state index contributed by atoms with van der Waals surface area (Å²) in [6.45, 7) is 4.28. The SMILES string of the molecule is CCC(CCN)CCC(=O)N1CCC(C(=O)NC)CC1. The number of nitrogens with zero attached hydrogens (tertiary/aromatic N) is 1. The van der Waals surface area contributed by atoms with E-state index in [0.29, 0.717) is 32.0 Å². The molecule has 1 aliphatic heterocycles. The van der Waals surface area contributed by atoms with Crippen LogP contribution in [0.1, 0.15) is 45.4 Å². The molecule has 1 saturated heterocycles. The van der Waals surface area contributed by atoms with E-state index in [9.17, 15) is 9.59 Å². The quantitative estimate of drug-likeness (QED) is 0.735. The maximum Gasteiger partial charge on any atom is 0.222 e. The molecule has 0 bridgehead atoms. The van der Waals surface area contributed by atoms with Crippen LogP contribution in [0.5, 0.6) is 0 Å². The zero-order valence-corrected chi connectivity index (χ0v) is 12.9. The van der Waals surface area contributed by atoms with Gasteiger partial charge in [-0.2, -0.15) is 0 Å². The maximum absolute atomic E-state index is 12.2. The van der Waals surface area contributed by atoms with Crippen LogP contribution in [0.4, 0.5) is 0 Å².